The molecular formula is C2H4KN. The molecule has 1 rings (SSSR count). The van der Waals surface area contributed by atoms with E-state index in [9.17, 15) is 0 Å². The first-order chi connectivity index (χ1) is 1.50. The van der Waals surface area contributed by atoms with E-state index >= 15 is 0 Å². The van der Waals surface area contributed by atoms with E-state index in [1.54, 1.807) is 0 Å². The summed E-state index contributed by atoms with van der Waals surface area (Å²) >= 11 is 0. The van der Waals surface area contributed by atoms with Gasteiger partial charge in [-0.05, 0) is 0 Å². The van der Waals surface area contributed by atoms with Crippen molar-refractivity contribution in [1.82, 2.24) is 0 Å². The van der Waals surface area contributed by atoms with Crippen molar-refractivity contribution >= 4 is 0 Å². The molecule has 1 aliphatic rings. The van der Waals surface area contributed by atoms with E-state index in [0.717, 1.165) is 13.1 Å². The number of hydrogen-bond acceptors (Lipinski definition) is 0. The fourth-order valence-electron chi connectivity index (χ4n) is 0. The average molecular weight is 81.2 g/mol. The Morgan fingerprint density at radius 3 is 1.50 bits per heavy atom. The van der Waals surface area contributed by atoms with Crippen molar-refractivity contribution in [2.75, 3.05) is 13.1 Å². The zero-order valence-electron chi connectivity index (χ0n) is 2.86. The smallest absolute Gasteiger partial charge is 0.665 e. The molecule has 0 bridgehead atoms. The van der Waals surface area contributed by atoms with Crippen LogP contribution in [0.3, 0.4) is 0 Å². The molecule has 1 aliphatic heterocycles. The Morgan fingerprint density at radius 2 is 1.50 bits per heavy atom. The topological polar surface area (TPSA) is 14.1 Å². The van der Waals surface area contributed by atoms with Gasteiger partial charge in [0.15, 0.2) is 0 Å². The number of rotatable bonds is 0. The van der Waals surface area contributed by atoms with Gasteiger partial charge in [-0.2, -0.15) is 13.1 Å². The van der Waals surface area contributed by atoms with Crippen LogP contribution in [0.25, 0.3) is 5.32 Å². The van der Waals surface area contributed by atoms with Gasteiger partial charge in [0.1, 0.15) is 0 Å². The summed E-state index contributed by atoms with van der Waals surface area (Å²) in [6, 6.07) is 0. The molecule has 1 nitrogen and oxygen atoms in total. The van der Waals surface area contributed by atoms with E-state index in [4.69, 9.17) is 0 Å². The summed E-state index contributed by atoms with van der Waals surface area (Å²) in [6.07, 6.45) is 0. The van der Waals surface area contributed by atoms with Crippen LogP contribution in [0, 0.1) is 0 Å². The van der Waals surface area contributed by atoms with Crippen LogP contribution in [0.4, 0.5) is 0 Å². The third-order valence-electron chi connectivity index (χ3n) is 0.224. The van der Waals surface area contributed by atoms with Crippen LogP contribution in [0.5, 0.6) is 0 Å². The first-order valence-corrected chi connectivity index (χ1v) is 1.13. The summed E-state index contributed by atoms with van der Waals surface area (Å²) in [5, 5.41) is 3.75. The van der Waals surface area contributed by atoms with Crippen molar-refractivity contribution in [2.24, 2.45) is 0 Å². The maximum atomic E-state index is 3.75. The largest absolute Gasteiger partial charge is 1.00 e. The van der Waals surface area contributed by atoms with Gasteiger partial charge in [0.2, 0.25) is 0 Å². The number of hydrogen-bond donors (Lipinski definition) is 0. The molecule has 1 heterocycles. The van der Waals surface area contributed by atoms with Gasteiger partial charge in [-0.25, -0.2) is 0 Å². The van der Waals surface area contributed by atoms with Crippen LogP contribution in [-0.2, 0) is 0 Å². The Bertz CT molecular complexity index is 10.8. The molecule has 1 fully saturated rings. The van der Waals surface area contributed by atoms with E-state index in [-0.39, 0.29) is 51.4 Å². The second-order valence-electron chi connectivity index (χ2n) is 0.671. The molecule has 0 atom stereocenters. The van der Waals surface area contributed by atoms with E-state index in [2.05, 4.69) is 5.32 Å². The maximum absolute atomic E-state index is 3.75. The minimum absolute atomic E-state index is 0. The van der Waals surface area contributed by atoms with Gasteiger partial charge < -0.3 is 5.32 Å². The monoisotopic (exact) mass is 81.0 g/mol. The molecule has 2 heteroatoms. The molecule has 0 aromatic rings. The average Bonchev–Trinajstić information content (AvgIpc) is 1.46. The molecule has 0 aromatic heterocycles. The van der Waals surface area contributed by atoms with Crippen LogP contribution >= 0.6 is 0 Å². The molecular weight excluding hydrogens is 77.1 g/mol. The zero-order chi connectivity index (χ0) is 2.12. The fraction of sp³-hybridized carbons (Fsp3) is 1.00. The van der Waals surface area contributed by atoms with Crippen LogP contribution in [0.1, 0.15) is 0 Å². The van der Waals surface area contributed by atoms with Gasteiger partial charge >= 0.3 is 51.4 Å². The van der Waals surface area contributed by atoms with Crippen molar-refractivity contribution in [3.8, 4) is 0 Å². The Morgan fingerprint density at radius 1 is 1.25 bits per heavy atom. The standard InChI is InChI=1S/C2H4N.K/c1-2-3-1;/h1-2H2;/q-1;+1. The summed E-state index contributed by atoms with van der Waals surface area (Å²) in [6.45, 7) is 2.25. The fourth-order valence-corrected chi connectivity index (χ4v) is 0. The normalized spacial score (nSPS) is 18.0. The second-order valence-corrected chi connectivity index (χ2v) is 0.671. The molecule has 0 saturated carbocycles. The summed E-state index contributed by atoms with van der Waals surface area (Å²) in [7, 11) is 0. The SMILES string of the molecule is C1C[N-]1.[K+]. The third kappa shape index (κ3) is 3.60. The Balaban J connectivity index is 0.0000000900. The molecule has 0 unspecified atom stereocenters. The predicted octanol–water partition coefficient (Wildman–Crippen LogP) is -2.62. The predicted molar refractivity (Wildman–Crippen MR) is 13.1 cm³/mol. The van der Waals surface area contributed by atoms with E-state index in [1.165, 1.54) is 0 Å². The van der Waals surface area contributed by atoms with Gasteiger partial charge in [-0.1, -0.05) is 0 Å². The minimum atomic E-state index is 0. The van der Waals surface area contributed by atoms with E-state index in [0.29, 0.717) is 0 Å². The van der Waals surface area contributed by atoms with Crippen LogP contribution in [0.15, 0.2) is 0 Å². The quantitative estimate of drug-likeness (QED) is 0.224. The first kappa shape index (κ1) is 5.60. The summed E-state index contributed by atoms with van der Waals surface area (Å²) in [5.74, 6) is 0. The molecule has 18 valence electrons. The molecule has 0 radical (unpaired) electrons. The van der Waals surface area contributed by atoms with Crippen LogP contribution in [-0.4, -0.2) is 13.1 Å². The summed E-state index contributed by atoms with van der Waals surface area (Å²) < 4.78 is 0. The Kier molecular flexibility index (Phi) is 3.94. The molecule has 0 spiro atoms. The van der Waals surface area contributed by atoms with Gasteiger partial charge in [0.25, 0.3) is 0 Å². The Labute approximate surface area is 68.6 Å². The van der Waals surface area contributed by atoms with Gasteiger partial charge in [-0.3, -0.25) is 0 Å². The van der Waals surface area contributed by atoms with Crippen molar-refractivity contribution in [3.63, 3.8) is 0 Å². The van der Waals surface area contributed by atoms with Gasteiger partial charge in [0, 0.05) is 0 Å². The molecule has 0 aromatic carbocycles. The molecule has 1 saturated heterocycles. The summed E-state index contributed by atoms with van der Waals surface area (Å²) in [5.41, 5.74) is 0. The van der Waals surface area contributed by atoms with Gasteiger partial charge in [-0.15, -0.1) is 0 Å². The van der Waals surface area contributed by atoms with E-state index in [1.807, 2.05) is 0 Å². The maximum Gasteiger partial charge on any atom is 1.00 e. The van der Waals surface area contributed by atoms with Crippen molar-refractivity contribution < 1.29 is 51.4 Å². The molecule has 4 heavy (non-hydrogen) atoms. The zero-order valence-corrected chi connectivity index (χ0v) is 5.98. The molecule has 0 aliphatic carbocycles. The molecule has 0 amide bonds. The summed E-state index contributed by atoms with van der Waals surface area (Å²) in [4.78, 5) is 0. The van der Waals surface area contributed by atoms with Crippen molar-refractivity contribution in [1.29, 1.82) is 0 Å². The van der Waals surface area contributed by atoms with Gasteiger partial charge in [0.05, 0.1) is 0 Å². The number of nitrogens with zero attached hydrogens (tertiary/aromatic N) is 1. The first-order valence-electron chi connectivity index (χ1n) is 1.13. The molecule has 0 N–H and O–H groups in total. The van der Waals surface area contributed by atoms with Crippen LogP contribution < -0.4 is 51.4 Å². The van der Waals surface area contributed by atoms with Crippen LogP contribution in [0.2, 0.25) is 0 Å². The third-order valence-corrected chi connectivity index (χ3v) is 0.224. The second kappa shape index (κ2) is 2.81. The minimum Gasteiger partial charge on any atom is -0.665 e. The van der Waals surface area contributed by atoms with E-state index < -0.39 is 0 Å². The van der Waals surface area contributed by atoms with Crippen molar-refractivity contribution in [3.05, 3.63) is 5.32 Å². The Hall–Kier alpha value is 1.60. The van der Waals surface area contributed by atoms with Crippen molar-refractivity contribution in [2.45, 2.75) is 0 Å².